The maximum atomic E-state index is 11.8. The number of hydrogen-bond acceptors (Lipinski definition) is 8. The van der Waals surface area contributed by atoms with Crippen molar-refractivity contribution in [1.82, 2.24) is 19.5 Å². The minimum absolute atomic E-state index is 0.00254. The zero-order valence-corrected chi connectivity index (χ0v) is 13.9. The lowest BCUT2D eigenvalue weighted by Gasteiger charge is -2.18. The molecule has 1 saturated heterocycles. The molecule has 0 aromatic carbocycles. The van der Waals surface area contributed by atoms with E-state index >= 15 is 0 Å². The van der Waals surface area contributed by atoms with E-state index < -0.39 is 24.6 Å². The molecule has 0 bridgehead atoms. The van der Waals surface area contributed by atoms with Crippen molar-refractivity contribution >= 4 is 35.6 Å². The largest absolute Gasteiger partial charge is 0.369 e. The summed E-state index contributed by atoms with van der Waals surface area (Å²) in [6.45, 7) is -1.05. The van der Waals surface area contributed by atoms with Gasteiger partial charge in [0, 0.05) is 6.42 Å². The van der Waals surface area contributed by atoms with Crippen LogP contribution in [0, 0.1) is 0 Å². The number of nitrogens with zero attached hydrogens (tertiary/aromatic N) is 3. The van der Waals surface area contributed by atoms with Crippen LogP contribution in [0.1, 0.15) is 19.6 Å². The third kappa shape index (κ3) is 3.44. The number of nitrogens with two attached hydrogens (primary N) is 1. The monoisotopic (exact) mass is 361 g/mol. The van der Waals surface area contributed by atoms with Crippen LogP contribution in [0.15, 0.2) is 11.1 Å². The highest BCUT2D eigenvalue weighted by Crippen LogP contribution is 2.47. The van der Waals surface area contributed by atoms with Gasteiger partial charge in [-0.05, 0) is 18.7 Å². The minimum Gasteiger partial charge on any atom is -0.369 e. The summed E-state index contributed by atoms with van der Waals surface area (Å²) >= 11 is 4.90. The number of H-pyrrole nitrogens is 1. The lowest BCUT2D eigenvalue weighted by atomic mass is 10.3. The molecule has 1 fully saturated rings. The summed E-state index contributed by atoms with van der Waals surface area (Å²) in [6.07, 6.45) is 0.998. The van der Waals surface area contributed by atoms with Crippen LogP contribution in [0.5, 0.6) is 0 Å². The summed E-state index contributed by atoms with van der Waals surface area (Å²) in [4.78, 5) is 32.1. The third-order valence-electron chi connectivity index (χ3n) is 3.27. The summed E-state index contributed by atoms with van der Waals surface area (Å²) in [5.41, 5.74) is 5.64. The maximum Gasteiger partial charge on any atom is 0.324 e. The van der Waals surface area contributed by atoms with Crippen LogP contribution in [0.2, 0.25) is 0 Å². The van der Waals surface area contributed by atoms with E-state index in [1.807, 2.05) is 0 Å². The van der Waals surface area contributed by atoms with E-state index in [0.717, 1.165) is 0 Å². The highest BCUT2D eigenvalue weighted by atomic mass is 32.5. The second-order valence-corrected chi connectivity index (χ2v) is 7.70. The molecule has 0 radical (unpaired) electrons. The van der Waals surface area contributed by atoms with Crippen molar-refractivity contribution in [1.29, 1.82) is 0 Å². The molecule has 126 valence electrons. The van der Waals surface area contributed by atoms with E-state index in [9.17, 15) is 9.69 Å². The van der Waals surface area contributed by atoms with Crippen molar-refractivity contribution < 1.29 is 18.7 Å². The first-order valence-electron chi connectivity index (χ1n) is 6.89. The zero-order chi connectivity index (χ0) is 16.6. The molecule has 0 amide bonds. The first-order chi connectivity index (χ1) is 10.9. The SMILES string of the molecule is CCOP(O)(=S)O[C@@H]1COC(n2cnc3c(=O)[nH]c(N)nc32)C1. The lowest BCUT2D eigenvalue weighted by Crippen LogP contribution is -2.14. The molecule has 3 atom stereocenters. The fourth-order valence-electron chi connectivity index (χ4n) is 2.38. The van der Waals surface area contributed by atoms with E-state index in [0.29, 0.717) is 12.1 Å². The Balaban J connectivity index is 1.80. The number of nitrogens with one attached hydrogen (secondary N) is 1. The molecule has 0 spiro atoms. The second-order valence-electron chi connectivity index (χ2n) is 4.91. The Morgan fingerprint density at radius 2 is 2.48 bits per heavy atom. The van der Waals surface area contributed by atoms with Gasteiger partial charge in [-0.1, -0.05) is 0 Å². The summed E-state index contributed by atoms with van der Waals surface area (Å²) < 4.78 is 17.7. The topological polar surface area (TPSA) is 138 Å². The number of anilines is 1. The van der Waals surface area contributed by atoms with Crippen LogP contribution in [0.25, 0.3) is 11.2 Å². The average molecular weight is 361 g/mol. The van der Waals surface area contributed by atoms with Crippen LogP contribution in [-0.2, 0) is 25.6 Å². The molecule has 0 saturated carbocycles. The number of rotatable bonds is 5. The van der Waals surface area contributed by atoms with Gasteiger partial charge in [0.1, 0.15) is 6.23 Å². The van der Waals surface area contributed by atoms with Crippen molar-refractivity contribution in [3.8, 4) is 0 Å². The smallest absolute Gasteiger partial charge is 0.324 e. The standard InChI is InChI=1S/C11H16N5O5PS/c1-2-20-22(18,23)21-6-3-7(19-4-6)16-5-13-8-9(16)14-11(12)15-10(8)17/h5-7H,2-4H2,1H3,(H,18,23)(H3,12,14,15,17)/t6-,7?,22?/m0/s1. The molecule has 2 aromatic heterocycles. The van der Waals surface area contributed by atoms with Gasteiger partial charge in [-0.3, -0.25) is 14.3 Å². The van der Waals surface area contributed by atoms with Gasteiger partial charge >= 0.3 is 6.72 Å². The number of imidazole rings is 1. The summed E-state index contributed by atoms with van der Waals surface area (Å²) in [7, 11) is 0. The van der Waals surface area contributed by atoms with Crippen LogP contribution < -0.4 is 11.3 Å². The molecule has 12 heteroatoms. The summed E-state index contributed by atoms with van der Waals surface area (Å²) in [5, 5.41) is 0. The Kier molecular flexibility index (Phi) is 4.50. The number of aromatic nitrogens is 4. The van der Waals surface area contributed by atoms with E-state index in [-0.39, 0.29) is 24.7 Å². The average Bonchev–Trinajstić information content (AvgIpc) is 3.04. The molecule has 3 heterocycles. The molecule has 10 nitrogen and oxygen atoms in total. The van der Waals surface area contributed by atoms with Crippen molar-refractivity contribution in [3.63, 3.8) is 0 Å². The Bertz CT molecular complexity index is 823. The summed E-state index contributed by atoms with van der Waals surface area (Å²) in [6, 6.07) is 0. The van der Waals surface area contributed by atoms with Crippen LogP contribution in [0.4, 0.5) is 5.95 Å². The molecule has 23 heavy (non-hydrogen) atoms. The first-order valence-corrected chi connectivity index (χ1v) is 9.48. The molecule has 2 unspecified atom stereocenters. The number of hydrogen-bond donors (Lipinski definition) is 3. The van der Waals surface area contributed by atoms with Gasteiger partial charge in [-0.15, -0.1) is 0 Å². The van der Waals surface area contributed by atoms with Gasteiger partial charge < -0.3 is 24.4 Å². The van der Waals surface area contributed by atoms with Crippen molar-refractivity contribution in [2.75, 3.05) is 18.9 Å². The lowest BCUT2D eigenvalue weighted by molar-refractivity contribution is 0.0502. The van der Waals surface area contributed by atoms with Gasteiger partial charge in [-0.25, -0.2) is 4.98 Å². The molecule has 0 aliphatic carbocycles. The Morgan fingerprint density at radius 3 is 3.22 bits per heavy atom. The predicted molar refractivity (Wildman–Crippen MR) is 85.2 cm³/mol. The van der Waals surface area contributed by atoms with Crippen molar-refractivity contribution in [3.05, 3.63) is 16.7 Å². The van der Waals surface area contributed by atoms with E-state index in [1.54, 1.807) is 11.5 Å². The Labute approximate surface area is 135 Å². The molecule has 2 aromatic rings. The van der Waals surface area contributed by atoms with Crippen molar-refractivity contribution in [2.45, 2.75) is 25.7 Å². The van der Waals surface area contributed by atoms with Gasteiger partial charge in [-0.2, -0.15) is 4.98 Å². The number of nitrogen functional groups attached to an aromatic ring is 1. The predicted octanol–water partition coefficient (Wildman–Crippen LogP) is 0.259. The fraction of sp³-hybridized carbons (Fsp3) is 0.545. The summed E-state index contributed by atoms with van der Waals surface area (Å²) in [5.74, 6) is -0.00254. The minimum atomic E-state index is -3.27. The molecular formula is C11H16N5O5PS. The normalized spacial score (nSPS) is 24.1. The van der Waals surface area contributed by atoms with Gasteiger partial charge in [0.05, 0.1) is 25.6 Å². The molecular weight excluding hydrogens is 345 g/mol. The van der Waals surface area contributed by atoms with Gasteiger partial charge in [0.25, 0.3) is 5.56 Å². The number of ether oxygens (including phenoxy) is 1. The second kappa shape index (κ2) is 6.27. The van der Waals surface area contributed by atoms with Gasteiger partial charge in [0.2, 0.25) is 5.95 Å². The highest BCUT2D eigenvalue weighted by molar-refractivity contribution is 8.07. The molecule has 4 N–H and O–H groups in total. The molecule has 1 aliphatic heterocycles. The zero-order valence-electron chi connectivity index (χ0n) is 12.2. The highest BCUT2D eigenvalue weighted by Gasteiger charge is 2.33. The third-order valence-corrected chi connectivity index (χ3v) is 5.00. The quantitative estimate of drug-likeness (QED) is 0.640. The van der Waals surface area contributed by atoms with E-state index in [4.69, 9.17) is 31.3 Å². The fourth-order valence-corrected chi connectivity index (χ4v) is 3.97. The number of aromatic amines is 1. The Hall–Kier alpha value is -1.36. The molecule has 3 rings (SSSR count). The van der Waals surface area contributed by atoms with Crippen molar-refractivity contribution in [2.24, 2.45) is 0 Å². The van der Waals surface area contributed by atoms with E-state index in [2.05, 4.69) is 15.0 Å². The van der Waals surface area contributed by atoms with Crippen LogP contribution >= 0.6 is 6.72 Å². The first kappa shape index (κ1) is 16.5. The van der Waals surface area contributed by atoms with Crippen LogP contribution in [0.3, 0.4) is 0 Å². The maximum absolute atomic E-state index is 11.8. The number of fused-ring (bicyclic) bond motifs is 1. The van der Waals surface area contributed by atoms with Gasteiger partial charge in [0.15, 0.2) is 11.2 Å². The molecule has 1 aliphatic rings. The van der Waals surface area contributed by atoms with E-state index in [1.165, 1.54) is 6.33 Å². The van der Waals surface area contributed by atoms with Crippen LogP contribution in [-0.4, -0.2) is 43.7 Å². The Morgan fingerprint density at radius 1 is 1.70 bits per heavy atom.